The van der Waals surface area contributed by atoms with Crippen molar-refractivity contribution in [2.75, 3.05) is 43.7 Å². The summed E-state index contributed by atoms with van der Waals surface area (Å²) in [7, 11) is 1.64. The number of hydrogen-bond donors (Lipinski definition) is 3. The number of hydrogen-bond acceptors (Lipinski definition) is 7. The number of aromatic nitrogens is 2. The van der Waals surface area contributed by atoms with E-state index in [1.165, 1.54) is 0 Å². The van der Waals surface area contributed by atoms with Gasteiger partial charge in [0.2, 0.25) is 5.95 Å². The molecular formula is C13H19N5O2. The molecule has 0 bridgehead atoms. The summed E-state index contributed by atoms with van der Waals surface area (Å²) in [5, 5.41) is 10.1. The molecule has 1 heterocycles. The van der Waals surface area contributed by atoms with Crippen molar-refractivity contribution in [2.45, 2.75) is 0 Å². The molecule has 2 rings (SSSR count). The van der Waals surface area contributed by atoms with Crippen LogP contribution in [-0.4, -0.2) is 48.5 Å². The fourth-order valence-electron chi connectivity index (χ4n) is 2.01. The summed E-state index contributed by atoms with van der Waals surface area (Å²) in [4.78, 5) is 10.7. The third kappa shape index (κ3) is 3.13. The zero-order valence-electron chi connectivity index (χ0n) is 11.4. The standard InChI is InChI=1S/C13H19N5O2/c1-20-9-7-18(6-8-19)12-10-4-2-3-5-11(10)15-13(16-12)17-14/h2-5,19H,6-9,14H2,1H3,(H,15,16,17). The Morgan fingerprint density at radius 3 is 2.80 bits per heavy atom. The predicted octanol–water partition coefficient (Wildman–Crippen LogP) is 0.361. The third-order valence-corrected chi connectivity index (χ3v) is 2.95. The molecule has 7 heteroatoms. The highest BCUT2D eigenvalue weighted by molar-refractivity contribution is 5.90. The lowest BCUT2D eigenvalue weighted by molar-refractivity contribution is 0.202. The average Bonchev–Trinajstić information content (AvgIpc) is 2.50. The second-order valence-electron chi connectivity index (χ2n) is 4.24. The van der Waals surface area contributed by atoms with Crippen LogP contribution >= 0.6 is 0 Å². The van der Waals surface area contributed by atoms with Crippen LogP contribution < -0.4 is 16.2 Å². The second-order valence-corrected chi connectivity index (χ2v) is 4.24. The lowest BCUT2D eigenvalue weighted by atomic mass is 10.2. The van der Waals surface area contributed by atoms with Gasteiger partial charge in [-0.15, -0.1) is 0 Å². The van der Waals surface area contributed by atoms with E-state index in [2.05, 4.69) is 15.4 Å². The Kier molecular flexibility index (Phi) is 5.05. The van der Waals surface area contributed by atoms with Crippen molar-refractivity contribution in [3.63, 3.8) is 0 Å². The summed E-state index contributed by atoms with van der Waals surface area (Å²) in [5.74, 6) is 6.49. The second kappa shape index (κ2) is 6.99. The SMILES string of the molecule is COCCN(CCO)c1nc(NN)nc2ccccc12. The van der Waals surface area contributed by atoms with Crippen molar-refractivity contribution < 1.29 is 9.84 Å². The van der Waals surface area contributed by atoms with E-state index >= 15 is 0 Å². The maximum atomic E-state index is 9.23. The summed E-state index contributed by atoms with van der Waals surface area (Å²) >= 11 is 0. The number of methoxy groups -OCH3 is 1. The first-order chi connectivity index (χ1) is 9.80. The number of anilines is 2. The molecule has 0 saturated carbocycles. The number of nitrogen functional groups attached to an aromatic ring is 1. The maximum absolute atomic E-state index is 9.23. The van der Waals surface area contributed by atoms with Gasteiger partial charge in [-0.3, -0.25) is 5.43 Å². The average molecular weight is 277 g/mol. The van der Waals surface area contributed by atoms with Gasteiger partial charge in [-0.2, -0.15) is 4.98 Å². The van der Waals surface area contributed by atoms with Crippen LogP contribution in [0.4, 0.5) is 11.8 Å². The molecule has 0 aliphatic rings. The highest BCUT2D eigenvalue weighted by atomic mass is 16.5. The summed E-state index contributed by atoms with van der Waals surface area (Å²) in [6, 6.07) is 7.68. The van der Waals surface area contributed by atoms with Gasteiger partial charge in [-0.25, -0.2) is 10.8 Å². The minimum Gasteiger partial charge on any atom is -0.395 e. The van der Waals surface area contributed by atoms with E-state index in [9.17, 15) is 5.11 Å². The molecule has 0 radical (unpaired) electrons. The van der Waals surface area contributed by atoms with Gasteiger partial charge in [0.25, 0.3) is 0 Å². The quantitative estimate of drug-likeness (QED) is 0.496. The van der Waals surface area contributed by atoms with Crippen LogP contribution in [-0.2, 0) is 4.74 Å². The summed E-state index contributed by atoms with van der Waals surface area (Å²) < 4.78 is 5.10. The molecule has 2 aromatic rings. The molecule has 1 aromatic carbocycles. The molecule has 0 atom stereocenters. The first-order valence-electron chi connectivity index (χ1n) is 6.38. The molecule has 108 valence electrons. The summed E-state index contributed by atoms with van der Waals surface area (Å²) in [5.41, 5.74) is 3.27. The predicted molar refractivity (Wildman–Crippen MR) is 78.5 cm³/mol. The van der Waals surface area contributed by atoms with Gasteiger partial charge in [-0.1, -0.05) is 12.1 Å². The molecule has 20 heavy (non-hydrogen) atoms. The van der Waals surface area contributed by atoms with E-state index in [-0.39, 0.29) is 6.61 Å². The van der Waals surface area contributed by atoms with E-state index in [0.29, 0.717) is 25.6 Å². The molecule has 0 fully saturated rings. The number of hydrazine groups is 1. The molecular weight excluding hydrogens is 258 g/mol. The number of nitrogens with zero attached hydrogens (tertiary/aromatic N) is 3. The largest absolute Gasteiger partial charge is 0.395 e. The normalized spacial score (nSPS) is 10.8. The van der Waals surface area contributed by atoms with Crippen molar-refractivity contribution in [1.29, 1.82) is 0 Å². The summed E-state index contributed by atoms with van der Waals surface area (Å²) in [6.45, 7) is 1.67. The van der Waals surface area contributed by atoms with Crippen LogP contribution in [0.5, 0.6) is 0 Å². The fraction of sp³-hybridized carbons (Fsp3) is 0.385. The Labute approximate surface area is 117 Å². The number of ether oxygens (including phenoxy) is 1. The van der Waals surface area contributed by atoms with Crippen molar-refractivity contribution >= 4 is 22.7 Å². The van der Waals surface area contributed by atoms with Crippen molar-refractivity contribution in [2.24, 2.45) is 5.84 Å². The number of nitrogens with one attached hydrogen (secondary N) is 1. The Morgan fingerprint density at radius 2 is 2.10 bits per heavy atom. The van der Waals surface area contributed by atoms with Gasteiger partial charge < -0.3 is 14.7 Å². The van der Waals surface area contributed by atoms with E-state index < -0.39 is 0 Å². The molecule has 7 nitrogen and oxygen atoms in total. The maximum Gasteiger partial charge on any atom is 0.239 e. The smallest absolute Gasteiger partial charge is 0.239 e. The molecule has 0 spiro atoms. The van der Waals surface area contributed by atoms with Crippen LogP contribution in [0.2, 0.25) is 0 Å². The molecule has 0 unspecified atom stereocenters. The van der Waals surface area contributed by atoms with E-state index in [1.54, 1.807) is 7.11 Å². The van der Waals surface area contributed by atoms with Gasteiger partial charge in [0.1, 0.15) is 5.82 Å². The highest BCUT2D eigenvalue weighted by Crippen LogP contribution is 2.24. The Morgan fingerprint density at radius 1 is 1.30 bits per heavy atom. The number of rotatable bonds is 7. The number of para-hydroxylation sites is 1. The van der Waals surface area contributed by atoms with Gasteiger partial charge in [-0.05, 0) is 12.1 Å². The molecule has 0 aliphatic heterocycles. The topological polar surface area (TPSA) is 96.5 Å². The van der Waals surface area contributed by atoms with Crippen molar-refractivity contribution in [3.8, 4) is 0 Å². The first-order valence-corrected chi connectivity index (χ1v) is 6.38. The highest BCUT2D eigenvalue weighted by Gasteiger charge is 2.13. The first kappa shape index (κ1) is 14.4. The van der Waals surface area contributed by atoms with Gasteiger partial charge >= 0.3 is 0 Å². The monoisotopic (exact) mass is 277 g/mol. The molecule has 0 saturated heterocycles. The molecule has 0 amide bonds. The zero-order chi connectivity index (χ0) is 14.4. The zero-order valence-corrected chi connectivity index (χ0v) is 11.4. The third-order valence-electron chi connectivity index (χ3n) is 2.95. The number of fused-ring (bicyclic) bond motifs is 1. The van der Waals surface area contributed by atoms with E-state index in [1.807, 2.05) is 29.2 Å². The Hall–Kier alpha value is -1.96. The lowest BCUT2D eigenvalue weighted by Crippen LogP contribution is -2.31. The number of benzene rings is 1. The summed E-state index contributed by atoms with van der Waals surface area (Å²) in [6.07, 6.45) is 0. The van der Waals surface area contributed by atoms with E-state index in [4.69, 9.17) is 10.6 Å². The number of nitrogens with two attached hydrogens (primary N) is 1. The molecule has 0 aliphatic carbocycles. The van der Waals surface area contributed by atoms with Crippen LogP contribution in [0.3, 0.4) is 0 Å². The van der Waals surface area contributed by atoms with Crippen molar-refractivity contribution in [1.82, 2.24) is 9.97 Å². The Balaban J connectivity index is 2.47. The van der Waals surface area contributed by atoms with E-state index in [0.717, 1.165) is 16.7 Å². The van der Waals surface area contributed by atoms with Gasteiger partial charge in [0, 0.05) is 25.6 Å². The minimum atomic E-state index is 0.0351. The minimum absolute atomic E-state index is 0.0351. The molecule has 1 aromatic heterocycles. The lowest BCUT2D eigenvalue weighted by Gasteiger charge is -2.24. The van der Waals surface area contributed by atoms with Gasteiger partial charge in [0.15, 0.2) is 0 Å². The molecule has 4 N–H and O–H groups in total. The number of aliphatic hydroxyl groups excluding tert-OH is 1. The van der Waals surface area contributed by atoms with Crippen LogP contribution in [0.15, 0.2) is 24.3 Å². The van der Waals surface area contributed by atoms with Crippen LogP contribution in [0, 0.1) is 0 Å². The fourth-order valence-corrected chi connectivity index (χ4v) is 2.01. The number of aliphatic hydroxyl groups is 1. The van der Waals surface area contributed by atoms with Crippen molar-refractivity contribution in [3.05, 3.63) is 24.3 Å². The van der Waals surface area contributed by atoms with Crippen LogP contribution in [0.25, 0.3) is 10.9 Å². The Bertz CT molecular complexity index is 563. The van der Waals surface area contributed by atoms with Crippen LogP contribution in [0.1, 0.15) is 0 Å². The van der Waals surface area contributed by atoms with Gasteiger partial charge in [0.05, 0.1) is 18.7 Å².